The number of pyridine rings is 2. The van der Waals surface area contributed by atoms with Crippen molar-refractivity contribution in [2.75, 3.05) is 41.9 Å². The maximum Gasteiger partial charge on any atom is 0.247 e. The van der Waals surface area contributed by atoms with Crippen LogP contribution in [0.1, 0.15) is 22.9 Å². The fourth-order valence-corrected chi connectivity index (χ4v) is 4.47. The first-order valence-electron chi connectivity index (χ1n) is 11.9. The van der Waals surface area contributed by atoms with Crippen LogP contribution in [0.4, 0.5) is 17.1 Å². The molecule has 4 N–H and O–H groups in total. The number of ether oxygens (including phenoxy) is 1. The summed E-state index contributed by atoms with van der Waals surface area (Å²) >= 11 is 0. The molecule has 0 radical (unpaired) electrons. The molecule has 0 saturated carbocycles. The summed E-state index contributed by atoms with van der Waals surface area (Å²) < 4.78 is 5.69. The van der Waals surface area contributed by atoms with E-state index < -0.39 is 0 Å². The lowest BCUT2D eigenvalue weighted by Crippen LogP contribution is -2.45. The second kappa shape index (κ2) is 10.6. The van der Waals surface area contributed by atoms with Crippen molar-refractivity contribution in [1.82, 2.24) is 15.0 Å². The van der Waals surface area contributed by atoms with E-state index in [4.69, 9.17) is 10.5 Å². The van der Waals surface area contributed by atoms with Crippen molar-refractivity contribution < 1.29 is 9.53 Å². The van der Waals surface area contributed by atoms with E-state index >= 15 is 0 Å². The van der Waals surface area contributed by atoms with Gasteiger partial charge >= 0.3 is 0 Å². The third-order valence-electron chi connectivity index (χ3n) is 6.28. The number of aromatic nitrogens is 2. The molecular formula is C27H29N7O2. The number of nitrogens with two attached hydrogens (primary N) is 1. The Morgan fingerprint density at radius 1 is 1.19 bits per heavy atom. The molecule has 1 aromatic carbocycles. The van der Waals surface area contributed by atoms with Gasteiger partial charge in [0.05, 0.1) is 24.1 Å². The zero-order valence-corrected chi connectivity index (χ0v) is 19.9. The van der Waals surface area contributed by atoms with Crippen molar-refractivity contribution in [1.29, 1.82) is 0 Å². The Balaban J connectivity index is 1.40. The van der Waals surface area contributed by atoms with Crippen LogP contribution in [0.2, 0.25) is 0 Å². The van der Waals surface area contributed by atoms with Crippen molar-refractivity contribution >= 4 is 29.0 Å². The minimum Gasteiger partial charge on any atom is -0.373 e. The zero-order chi connectivity index (χ0) is 24.9. The zero-order valence-electron chi connectivity index (χ0n) is 19.9. The Hall–Kier alpha value is -4.21. The van der Waals surface area contributed by atoms with Gasteiger partial charge in [-0.15, -0.1) is 0 Å². The summed E-state index contributed by atoms with van der Waals surface area (Å²) in [5.41, 5.74) is 14.9. The first-order chi connectivity index (χ1) is 17.6. The van der Waals surface area contributed by atoms with Crippen molar-refractivity contribution in [2.24, 2.45) is 5.73 Å². The Morgan fingerprint density at radius 2 is 2.06 bits per heavy atom. The second-order valence-electron chi connectivity index (χ2n) is 8.63. The first-order valence-corrected chi connectivity index (χ1v) is 11.9. The third kappa shape index (κ3) is 5.07. The Kier molecular flexibility index (Phi) is 6.92. The molecule has 0 spiro atoms. The number of nitrogens with one attached hydrogen (secondary N) is 2. The van der Waals surface area contributed by atoms with Gasteiger partial charge in [-0.2, -0.15) is 0 Å². The summed E-state index contributed by atoms with van der Waals surface area (Å²) in [6, 6.07) is 13.7. The molecule has 1 amide bonds. The van der Waals surface area contributed by atoms with Crippen LogP contribution in [-0.2, 0) is 9.53 Å². The molecule has 1 saturated heterocycles. The molecule has 0 aliphatic carbocycles. The van der Waals surface area contributed by atoms with E-state index in [0.29, 0.717) is 18.8 Å². The number of anilines is 3. The molecule has 2 atom stereocenters. The minimum atomic E-state index is -0.270. The highest BCUT2D eigenvalue weighted by atomic mass is 16.5. The predicted octanol–water partition coefficient (Wildman–Crippen LogP) is 3.17. The molecule has 4 heterocycles. The van der Waals surface area contributed by atoms with Crippen LogP contribution in [0.5, 0.6) is 0 Å². The van der Waals surface area contributed by atoms with Crippen molar-refractivity contribution in [3.05, 3.63) is 96.7 Å². The molecule has 9 heteroatoms. The third-order valence-corrected chi connectivity index (χ3v) is 6.28. The van der Waals surface area contributed by atoms with Gasteiger partial charge < -0.3 is 20.7 Å². The van der Waals surface area contributed by atoms with Crippen molar-refractivity contribution in [3.63, 3.8) is 0 Å². The number of hydrogen-bond donors (Lipinski definition) is 3. The minimum absolute atomic E-state index is 0.0601. The number of morpholine rings is 1. The Morgan fingerprint density at radius 3 is 2.86 bits per heavy atom. The molecule has 2 aromatic heterocycles. The Labute approximate surface area is 210 Å². The van der Waals surface area contributed by atoms with Crippen molar-refractivity contribution in [3.8, 4) is 0 Å². The summed E-state index contributed by atoms with van der Waals surface area (Å²) in [6.45, 7) is 6.35. The van der Waals surface area contributed by atoms with Crippen LogP contribution < -0.4 is 21.4 Å². The van der Waals surface area contributed by atoms with Crippen LogP contribution in [-0.4, -0.2) is 53.2 Å². The van der Waals surface area contributed by atoms with Gasteiger partial charge in [-0.25, -0.2) is 0 Å². The molecule has 184 valence electrons. The van der Waals surface area contributed by atoms with E-state index in [-0.39, 0.29) is 18.1 Å². The fourth-order valence-electron chi connectivity index (χ4n) is 4.47. The number of benzene rings is 1. The first kappa shape index (κ1) is 23.5. The predicted molar refractivity (Wildman–Crippen MR) is 141 cm³/mol. The monoisotopic (exact) mass is 483 g/mol. The number of fused-ring (bicyclic) bond motifs is 1. The number of carbonyl (C=O) groups excluding carboxylic acids is 1. The quantitative estimate of drug-likeness (QED) is 0.440. The molecule has 1 fully saturated rings. The topological polar surface area (TPSA) is 109 Å². The van der Waals surface area contributed by atoms with Gasteiger partial charge in [0, 0.05) is 61.4 Å². The lowest BCUT2D eigenvalue weighted by Gasteiger charge is -2.36. The van der Waals surface area contributed by atoms with E-state index in [1.54, 1.807) is 18.5 Å². The summed E-state index contributed by atoms with van der Waals surface area (Å²) in [6.07, 6.45) is 10.6. The number of nitrogens with zero attached hydrogens (tertiary/aromatic N) is 4. The van der Waals surface area contributed by atoms with Gasteiger partial charge in [0.15, 0.2) is 0 Å². The summed E-state index contributed by atoms with van der Waals surface area (Å²) in [7, 11) is 0. The Bertz CT molecular complexity index is 1260. The van der Waals surface area contributed by atoms with Gasteiger partial charge in [-0.1, -0.05) is 6.58 Å². The van der Waals surface area contributed by atoms with Crippen LogP contribution in [0.3, 0.4) is 0 Å². The van der Waals surface area contributed by atoms with Gasteiger partial charge in [0.2, 0.25) is 5.91 Å². The van der Waals surface area contributed by atoms with E-state index in [9.17, 15) is 4.79 Å². The summed E-state index contributed by atoms with van der Waals surface area (Å²) in [5, 5.41) is 4.83. The molecule has 5 rings (SSSR count). The van der Waals surface area contributed by atoms with Crippen LogP contribution in [0.25, 0.3) is 6.08 Å². The van der Waals surface area contributed by atoms with Crippen LogP contribution in [0.15, 0.2) is 79.9 Å². The molecule has 0 bridgehead atoms. The second-order valence-corrected chi connectivity index (χ2v) is 8.63. The van der Waals surface area contributed by atoms with Crippen molar-refractivity contribution in [2.45, 2.75) is 12.1 Å². The van der Waals surface area contributed by atoms with E-state index in [2.05, 4.69) is 56.5 Å². The standard InChI is InChI=1S/C27H29N7O2/c1-2-26(35)31-21-7-11-30-25(15-21)27-24-8-10-29-17-19(24)9-12-34(27)32-20-3-5-22(6-4-20)33-13-14-36-23(16-28)18-33/h2-12,15,17,23,27,32H,1,13-14,16,18,28H2,(H,30,31,35)/t23?,27-/m1/s1. The fraction of sp³-hybridized carbons (Fsp3) is 0.222. The van der Waals surface area contributed by atoms with E-state index in [1.165, 1.54) is 6.08 Å². The number of hydrazine groups is 1. The molecule has 3 aromatic rings. The smallest absolute Gasteiger partial charge is 0.247 e. The van der Waals surface area contributed by atoms with Gasteiger partial charge in [-0.05, 0) is 60.2 Å². The summed E-state index contributed by atoms with van der Waals surface area (Å²) in [4.78, 5) is 23.0. The summed E-state index contributed by atoms with van der Waals surface area (Å²) in [5.74, 6) is -0.270. The van der Waals surface area contributed by atoms with Gasteiger partial charge in [0.1, 0.15) is 6.04 Å². The highest BCUT2D eigenvalue weighted by Crippen LogP contribution is 2.35. The van der Waals surface area contributed by atoms with Gasteiger partial charge in [0.25, 0.3) is 0 Å². The van der Waals surface area contributed by atoms with Crippen LogP contribution in [0, 0.1) is 0 Å². The molecular weight excluding hydrogens is 454 g/mol. The maximum atomic E-state index is 11.8. The maximum absolute atomic E-state index is 11.8. The molecule has 2 aliphatic rings. The number of amides is 1. The van der Waals surface area contributed by atoms with Crippen LogP contribution >= 0.6 is 0 Å². The average molecular weight is 484 g/mol. The normalized spacial score (nSPS) is 18.9. The number of carbonyl (C=O) groups is 1. The lowest BCUT2D eigenvalue weighted by atomic mass is 9.96. The molecule has 9 nitrogen and oxygen atoms in total. The number of hydrogen-bond acceptors (Lipinski definition) is 8. The highest BCUT2D eigenvalue weighted by Gasteiger charge is 2.27. The largest absolute Gasteiger partial charge is 0.373 e. The SMILES string of the molecule is C=CC(=O)Nc1ccnc([C@H]2c3ccncc3C=CN2Nc2ccc(N3CCOC(CN)C3)cc2)c1. The highest BCUT2D eigenvalue weighted by molar-refractivity contribution is 5.98. The van der Waals surface area contributed by atoms with Gasteiger partial charge in [-0.3, -0.25) is 25.2 Å². The molecule has 36 heavy (non-hydrogen) atoms. The van der Waals surface area contributed by atoms with E-state index in [0.717, 1.165) is 41.3 Å². The number of rotatable bonds is 7. The van der Waals surface area contributed by atoms with E-state index in [1.807, 2.05) is 35.6 Å². The lowest BCUT2D eigenvalue weighted by molar-refractivity contribution is -0.111. The molecule has 1 unspecified atom stereocenters. The molecule has 2 aliphatic heterocycles. The average Bonchev–Trinajstić information content (AvgIpc) is 2.93.